The van der Waals surface area contributed by atoms with E-state index in [1.165, 1.54) is 4.90 Å². The number of thioether (sulfide) groups is 1. The van der Waals surface area contributed by atoms with Gasteiger partial charge in [0.25, 0.3) is 5.91 Å². The molecule has 25 heavy (non-hydrogen) atoms. The minimum atomic E-state index is -0.0672. The first-order chi connectivity index (χ1) is 12.1. The molecule has 0 aliphatic carbocycles. The molecule has 0 unspecified atom stereocenters. The molecule has 126 valence electrons. The highest BCUT2D eigenvalue weighted by molar-refractivity contribution is 7.98. The number of benzene rings is 2. The molecule has 4 rings (SSSR count). The maximum absolute atomic E-state index is 13.1. The summed E-state index contributed by atoms with van der Waals surface area (Å²) in [6.07, 6.45) is 0. The molecule has 0 bridgehead atoms. The van der Waals surface area contributed by atoms with Crippen LogP contribution in [0.3, 0.4) is 0 Å². The van der Waals surface area contributed by atoms with Gasteiger partial charge in [-0.3, -0.25) is 9.48 Å². The normalized spacial score (nSPS) is 12.4. The van der Waals surface area contributed by atoms with Crippen molar-refractivity contribution in [2.75, 3.05) is 11.9 Å². The van der Waals surface area contributed by atoms with Crippen LogP contribution in [0.25, 0.3) is 11.3 Å². The van der Waals surface area contributed by atoms with Crippen LogP contribution in [-0.4, -0.2) is 22.7 Å². The summed E-state index contributed by atoms with van der Waals surface area (Å²) in [6.45, 7) is 2.03. The van der Waals surface area contributed by atoms with Crippen LogP contribution in [0.5, 0.6) is 0 Å². The second-order valence-electron chi connectivity index (χ2n) is 6.29. The van der Waals surface area contributed by atoms with Crippen molar-refractivity contribution in [2.24, 2.45) is 7.05 Å². The number of carbonyl (C=O) groups excluding carboxylic acids is 1. The van der Waals surface area contributed by atoms with E-state index in [1.807, 2.05) is 62.1 Å². The van der Waals surface area contributed by atoms with E-state index in [4.69, 9.17) is 0 Å². The van der Waals surface area contributed by atoms with Gasteiger partial charge in [0.2, 0.25) is 0 Å². The molecule has 2 heterocycles. The number of nitrogens with zero attached hydrogens (tertiary/aromatic N) is 3. The maximum atomic E-state index is 13.1. The molecule has 3 aromatic rings. The molecule has 0 N–H and O–H groups in total. The molecular weight excluding hydrogens is 330 g/mol. The largest absolute Gasteiger partial charge is 0.310 e. The molecule has 1 aliphatic rings. The van der Waals surface area contributed by atoms with E-state index in [1.54, 1.807) is 16.7 Å². The van der Waals surface area contributed by atoms with E-state index in [2.05, 4.69) is 17.2 Å². The number of fused-ring (bicyclic) bond motifs is 3. The van der Waals surface area contributed by atoms with Crippen molar-refractivity contribution < 1.29 is 4.79 Å². The van der Waals surface area contributed by atoms with Gasteiger partial charge in [0.15, 0.2) is 5.69 Å². The minimum Gasteiger partial charge on any atom is -0.310 e. The van der Waals surface area contributed by atoms with Crippen LogP contribution >= 0.6 is 11.8 Å². The third-order valence-electron chi connectivity index (χ3n) is 4.56. The molecule has 5 heteroatoms. The Hall–Kier alpha value is -2.53. The monoisotopic (exact) mass is 349 g/mol. The third-order valence-corrected chi connectivity index (χ3v) is 5.66. The van der Waals surface area contributed by atoms with E-state index in [0.29, 0.717) is 5.69 Å². The van der Waals surface area contributed by atoms with Crippen molar-refractivity contribution in [1.29, 1.82) is 0 Å². The molecule has 0 spiro atoms. The van der Waals surface area contributed by atoms with Gasteiger partial charge in [0, 0.05) is 41.6 Å². The number of rotatable bonds is 2. The summed E-state index contributed by atoms with van der Waals surface area (Å²) < 4.78 is 1.84. The molecule has 1 amide bonds. The van der Waals surface area contributed by atoms with Crippen LogP contribution in [-0.2, 0) is 12.8 Å². The molecule has 4 nitrogen and oxygen atoms in total. The average Bonchev–Trinajstić information content (AvgIpc) is 2.97. The number of anilines is 1. The topological polar surface area (TPSA) is 38.1 Å². The Morgan fingerprint density at radius 2 is 2.00 bits per heavy atom. The SMILES string of the molecule is Cc1cccc(N(C)C(=O)c2nn(C)c3c2CSc2ccccc2-3)c1. The highest BCUT2D eigenvalue weighted by atomic mass is 32.2. The molecule has 0 radical (unpaired) electrons. The van der Waals surface area contributed by atoms with Crippen molar-refractivity contribution in [2.45, 2.75) is 17.6 Å². The zero-order chi connectivity index (χ0) is 17.6. The van der Waals surface area contributed by atoms with Gasteiger partial charge < -0.3 is 4.90 Å². The van der Waals surface area contributed by atoms with Crippen LogP contribution in [0.1, 0.15) is 21.6 Å². The number of aromatic nitrogens is 2. The van der Waals surface area contributed by atoms with Crippen molar-refractivity contribution in [1.82, 2.24) is 9.78 Å². The fourth-order valence-electron chi connectivity index (χ4n) is 3.26. The molecule has 0 fully saturated rings. The standard InChI is InChI=1S/C20H19N3OS/c1-13-7-6-8-14(11-13)22(2)20(24)18-16-12-25-17-10-5-4-9-15(17)19(16)23(3)21-18/h4-11H,12H2,1-3H3. The first kappa shape index (κ1) is 16.0. The molecular formula is C20H19N3OS. The van der Waals surface area contributed by atoms with Gasteiger partial charge in [0.1, 0.15) is 0 Å². The van der Waals surface area contributed by atoms with Gasteiger partial charge >= 0.3 is 0 Å². The van der Waals surface area contributed by atoms with E-state index < -0.39 is 0 Å². The van der Waals surface area contributed by atoms with Crippen molar-refractivity contribution in [3.63, 3.8) is 0 Å². The Bertz CT molecular complexity index is 977. The highest BCUT2D eigenvalue weighted by Gasteiger charge is 2.29. The zero-order valence-corrected chi connectivity index (χ0v) is 15.3. The molecule has 0 saturated carbocycles. The van der Waals surface area contributed by atoms with Crippen LogP contribution in [0.15, 0.2) is 53.4 Å². The van der Waals surface area contributed by atoms with Gasteiger partial charge in [-0.05, 0) is 30.7 Å². The first-order valence-electron chi connectivity index (χ1n) is 8.19. The highest BCUT2D eigenvalue weighted by Crippen LogP contribution is 2.42. The minimum absolute atomic E-state index is 0.0672. The molecule has 1 aliphatic heterocycles. The Kier molecular flexibility index (Phi) is 3.88. The summed E-state index contributed by atoms with van der Waals surface area (Å²) in [6, 6.07) is 16.2. The maximum Gasteiger partial charge on any atom is 0.278 e. The van der Waals surface area contributed by atoms with Gasteiger partial charge in [-0.2, -0.15) is 5.10 Å². The van der Waals surface area contributed by atoms with Gasteiger partial charge in [0.05, 0.1) is 5.69 Å². The summed E-state index contributed by atoms with van der Waals surface area (Å²) in [5.74, 6) is 0.700. The summed E-state index contributed by atoms with van der Waals surface area (Å²) >= 11 is 1.76. The van der Waals surface area contributed by atoms with Crippen LogP contribution in [0.2, 0.25) is 0 Å². The quantitative estimate of drug-likeness (QED) is 0.693. The Morgan fingerprint density at radius 1 is 1.20 bits per heavy atom. The lowest BCUT2D eigenvalue weighted by Gasteiger charge is -2.19. The number of hydrogen-bond acceptors (Lipinski definition) is 3. The zero-order valence-electron chi connectivity index (χ0n) is 14.5. The molecule has 0 atom stereocenters. The second kappa shape index (κ2) is 6.08. The van der Waals surface area contributed by atoms with E-state index in [-0.39, 0.29) is 5.91 Å². The van der Waals surface area contributed by atoms with Crippen molar-refractivity contribution in [3.8, 4) is 11.3 Å². The van der Waals surface area contributed by atoms with Crippen molar-refractivity contribution >= 4 is 23.4 Å². The Morgan fingerprint density at radius 3 is 2.80 bits per heavy atom. The third kappa shape index (κ3) is 2.65. The predicted molar refractivity (Wildman–Crippen MR) is 102 cm³/mol. The van der Waals surface area contributed by atoms with E-state index >= 15 is 0 Å². The number of hydrogen-bond donors (Lipinski definition) is 0. The summed E-state index contributed by atoms with van der Waals surface area (Å²) in [5.41, 5.74) is 5.79. The fourth-order valence-corrected chi connectivity index (χ4v) is 4.33. The van der Waals surface area contributed by atoms with Crippen LogP contribution in [0.4, 0.5) is 5.69 Å². The lowest BCUT2D eigenvalue weighted by molar-refractivity contribution is 0.0987. The average molecular weight is 349 g/mol. The number of aryl methyl sites for hydroxylation is 2. The molecule has 1 aromatic heterocycles. The fraction of sp³-hybridized carbons (Fsp3) is 0.200. The second-order valence-corrected chi connectivity index (χ2v) is 7.30. The predicted octanol–water partition coefficient (Wildman–Crippen LogP) is 4.28. The Balaban J connectivity index is 1.77. The van der Waals surface area contributed by atoms with E-state index in [0.717, 1.165) is 33.8 Å². The van der Waals surface area contributed by atoms with Gasteiger partial charge in [-0.25, -0.2) is 0 Å². The first-order valence-corrected chi connectivity index (χ1v) is 9.17. The number of amides is 1. The smallest absolute Gasteiger partial charge is 0.278 e. The van der Waals surface area contributed by atoms with Crippen LogP contribution < -0.4 is 4.90 Å². The summed E-state index contributed by atoms with van der Waals surface area (Å²) in [7, 11) is 3.72. The molecule has 2 aromatic carbocycles. The lowest BCUT2D eigenvalue weighted by Crippen LogP contribution is -2.27. The van der Waals surface area contributed by atoms with Gasteiger partial charge in [-0.15, -0.1) is 11.8 Å². The summed E-state index contributed by atoms with van der Waals surface area (Å²) in [4.78, 5) is 16.0. The Labute approximate surface area is 151 Å². The van der Waals surface area contributed by atoms with E-state index in [9.17, 15) is 4.79 Å². The summed E-state index contributed by atoms with van der Waals surface area (Å²) in [5, 5.41) is 4.57. The number of carbonyl (C=O) groups is 1. The van der Waals surface area contributed by atoms with Gasteiger partial charge in [-0.1, -0.05) is 30.3 Å². The lowest BCUT2D eigenvalue weighted by atomic mass is 10.1. The van der Waals surface area contributed by atoms with Crippen molar-refractivity contribution in [3.05, 3.63) is 65.4 Å². The van der Waals surface area contributed by atoms with Crippen LogP contribution in [0, 0.1) is 6.92 Å². The molecule has 0 saturated heterocycles.